The standard InChI is InChI=1S/C10H15N3O2/c11-4-1-2-9-12-8-6-15-5-3-7(8)10(14)13-9/h1-6,11H2,(H,12,13,14). The molecule has 1 aromatic heterocycles. The van der Waals surface area contributed by atoms with E-state index >= 15 is 0 Å². The average molecular weight is 209 g/mol. The van der Waals surface area contributed by atoms with Crippen LogP contribution in [0.2, 0.25) is 0 Å². The molecule has 0 unspecified atom stereocenters. The minimum absolute atomic E-state index is 0.0182. The molecule has 15 heavy (non-hydrogen) atoms. The van der Waals surface area contributed by atoms with Gasteiger partial charge in [-0.25, -0.2) is 4.98 Å². The molecule has 82 valence electrons. The van der Waals surface area contributed by atoms with Gasteiger partial charge >= 0.3 is 0 Å². The Morgan fingerprint density at radius 1 is 1.53 bits per heavy atom. The van der Waals surface area contributed by atoms with E-state index in [1.807, 2.05) is 0 Å². The third-order valence-electron chi connectivity index (χ3n) is 2.50. The summed E-state index contributed by atoms with van der Waals surface area (Å²) in [6.45, 7) is 1.67. The summed E-state index contributed by atoms with van der Waals surface area (Å²) < 4.78 is 5.27. The highest BCUT2D eigenvalue weighted by atomic mass is 16.5. The first-order chi connectivity index (χ1) is 7.31. The average Bonchev–Trinajstić information content (AvgIpc) is 2.26. The molecule has 0 saturated carbocycles. The van der Waals surface area contributed by atoms with E-state index in [9.17, 15) is 4.79 Å². The SMILES string of the molecule is NCCCc1nc2c(c(=O)[nH]1)CCOC2. The Morgan fingerprint density at radius 3 is 3.20 bits per heavy atom. The molecule has 0 aliphatic carbocycles. The molecule has 5 heteroatoms. The molecule has 5 nitrogen and oxygen atoms in total. The Hall–Kier alpha value is -1.20. The van der Waals surface area contributed by atoms with Crippen molar-refractivity contribution in [2.45, 2.75) is 25.9 Å². The van der Waals surface area contributed by atoms with Crippen LogP contribution >= 0.6 is 0 Å². The highest BCUT2D eigenvalue weighted by Crippen LogP contribution is 2.10. The Morgan fingerprint density at radius 2 is 2.40 bits per heavy atom. The van der Waals surface area contributed by atoms with Crippen molar-refractivity contribution in [1.29, 1.82) is 0 Å². The number of ether oxygens (including phenoxy) is 1. The molecule has 0 saturated heterocycles. The Bertz CT molecular complexity index is 400. The minimum Gasteiger partial charge on any atom is -0.375 e. The van der Waals surface area contributed by atoms with E-state index in [1.165, 1.54) is 0 Å². The van der Waals surface area contributed by atoms with Crippen LogP contribution in [0.3, 0.4) is 0 Å². The van der Waals surface area contributed by atoms with Crippen molar-refractivity contribution < 1.29 is 4.74 Å². The number of aromatic nitrogens is 2. The van der Waals surface area contributed by atoms with Crippen molar-refractivity contribution in [2.75, 3.05) is 13.2 Å². The first kappa shape index (κ1) is 10.3. The number of nitrogens with one attached hydrogen (secondary N) is 1. The van der Waals surface area contributed by atoms with Crippen LogP contribution in [-0.4, -0.2) is 23.1 Å². The van der Waals surface area contributed by atoms with Gasteiger partial charge in [-0.1, -0.05) is 0 Å². The lowest BCUT2D eigenvalue weighted by Gasteiger charge is -2.15. The van der Waals surface area contributed by atoms with Crippen LogP contribution in [0.25, 0.3) is 0 Å². The van der Waals surface area contributed by atoms with E-state index in [0.717, 1.165) is 29.9 Å². The molecule has 0 aromatic carbocycles. The summed E-state index contributed by atoms with van der Waals surface area (Å²) in [5, 5.41) is 0. The number of rotatable bonds is 3. The molecule has 1 aromatic rings. The van der Waals surface area contributed by atoms with Crippen molar-refractivity contribution in [1.82, 2.24) is 9.97 Å². The maximum Gasteiger partial charge on any atom is 0.254 e. The van der Waals surface area contributed by atoms with Crippen molar-refractivity contribution in [2.24, 2.45) is 5.73 Å². The van der Waals surface area contributed by atoms with E-state index < -0.39 is 0 Å². The maximum absolute atomic E-state index is 11.7. The molecule has 0 amide bonds. The van der Waals surface area contributed by atoms with Gasteiger partial charge in [0.05, 0.1) is 18.9 Å². The number of H-pyrrole nitrogens is 1. The monoisotopic (exact) mass is 209 g/mol. The van der Waals surface area contributed by atoms with Crippen LogP contribution in [0.15, 0.2) is 4.79 Å². The summed E-state index contributed by atoms with van der Waals surface area (Å²) in [4.78, 5) is 18.8. The van der Waals surface area contributed by atoms with Gasteiger partial charge in [-0.15, -0.1) is 0 Å². The van der Waals surface area contributed by atoms with Gasteiger partial charge in [0.15, 0.2) is 0 Å². The van der Waals surface area contributed by atoms with Crippen LogP contribution in [-0.2, 0) is 24.2 Å². The van der Waals surface area contributed by atoms with Gasteiger partial charge in [0, 0.05) is 18.4 Å². The molecule has 3 N–H and O–H groups in total. The van der Waals surface area contributed by atoms with Gasteiger partial charge in [-0.2, -0.15) is 0 Å². The minimum atomic E-state index is -0.0182. The second-order valence-electron chi connectivity index (χ2n) is 3.63. The largest absolute Gasteiger partial charge is 0.375 e. The molecule has 0 fully saturated rings. The number of aromatic amines is 1. The number of fused-ring (bicyclic) bond motifs is 1. The van der Waals surface area contributed by atoms with E-state index in [4.69, 9.17) is 10.5 Å². The Balaban J connectivity index is 2.28. The zero-order valence-electron chi connectivity index (χ0n) is 8.58. The lowest BCUT2D eigenvalue weighted by atomic mass is 10.1. The van der Waals surface area contributed by atoms with Crippen molar-refractivity contribution in [3.05, 3.63) is 27.4 Å². The van der Waals surface area contributed by atoms with E-state index in [2.05, 4.69) is 9.97 Å². The van der Waals surface area contributed by atoms with Gasteiger partial charge in [-0.3, -0.25) is 4.79 Å². The molecule has 0 bridgehead atoms. The van der Waals surface area contributed by atoms with Gasteiger partial charge in [0.2, 0.25) is 0 Å². The molecular formula is C10H15N3O2. The summed E-state index contributed by atoms with van der Waals surface area (Å²) in [5.74, 6) is 0.717. The predicted molar refractivity (Wildman–Crippen MR) is 55.6 cm³/mol. The fraction of sp³-hybridized carbons (Fsp3) is 0.600. The van der Waals surface area contributed by atoms with Crippen molar-refractivity contribution in [3.63, 3.8) is 0 Å². The van der Waals surface area contributed by atoms with Crippen LogP contribution in [0.1, 0.15) is 23.5 Å². The molecule has 1 aliphatic heterocycles. The van der Waals surface area contributed by atoms with Gasteiger partial charge in [0.1, 0.15) is 5.82 Å². The smallest absolute Gasteiger partial charge is 0.254 e. The lowest BCUT2D eigenvalue weighted by molar-refractivity contribution is 0.106. The first-order valence-electron chi connectivity index (χ1n) is 5.20. The molecule has 2 rings (SSSR count). The zero-order valence-corrected chi connectivity index (χ0v) is 8.58. The molecule has 2 heterocycles. The summed E-state index contributed by atoms with van der Waals surface area (Å²) >= 11 is 0. The van der Waals surface area contributed by atoms with Gasteiger partial charge < -0.3 is 15.5 Å². The second kappa shape index (κ2) is 4.55. The molecule has 0 spiro atoms. The predicted octanol–water partition coefficient (Wildman–Crippen LogP) is -0.266. The summed E-state index contributed by atoms with van der Waals surface area (Å²) in [6.07, 6.45) is 2.22. The molecule has 0 radical (unpaired) electrons. The zero-order chi connectivity index (χ0) is 10.7. The fourth-order valence-electron chi connectivity index (χ4n) is 1.70. The third-order valence-corrected chi connectivity index (χ3v) is 2.50. The normalized spacial score (nSPS) is 15.0. The van der Waals surface area contributed by atoms with Crippen molar-refractivity contribution >= 4 is 0 Å². The van der Waals surface area contributed by atoms with Gasteiger partial charge in [-0.05, 0) is 13.0 Å². The third kappa shape index (κ3) is 2.24. The lowest BCUT2D eigenvalue weighted by Crippen LogP contribution is -2.25. The van der Waals surface area contributed by atoms with Crippen LogP contribution in [0, 0.1) is 0 Å². The molecular weight excluding hydrogens is 194 g/mol. The summed E-state index contributed by atoms with van der Waals surface area (Å²) in [6, 6.07) is 0. The first-order valence-corrected chi connectivity index (χ1v) is 5.20. The highest BCUT2D eigenvalue weighted by Gasteiger charge is 2.15. The number of aryl methyl sites for hydroxylation is 1. The molecule has 0 atom stereocenters. The summed E-state index contributed by atoms with van der Waals surface area (Å²) in [7, 11) is 0. The Labute approximate surface area is 87.7 Å². The van der Waals surface area contributed by atoms with Crippen molar-refractivity contribution in [3.8, 4) is 0 Å². The van der Waals surface area contributed by atoms with Crippen LogP contribution in [0.4, 0.5) is 0 Å². The maximum atomic E-state index is 11.7. The number of hydrogen-bond donors (Lipinski definition) is 2. The fourth-order valence-corrected chi connectivity index (χ4v) is 1.70. The van der Waals surface area contributed by atoms with Crippen LogP contribution in [0.5, 0.6) is 0 Å². The topological polar surface area (TPSA) is 81.0 Å². The summed E-state index contributed by atoms with van der Waals surface area (Å²) in [5.41, 5.74) is 6.95. The quantitative estimate of drug-likeness (QED) is 0.718. The van der Waals surface area contributed by atoms with E-state index in [1.54, 1.807) is 0 Å². The second-order valence-corrected chi connectivity index (χ2v) is 3.63. The van der Waals surface area contributed by atoms with E-state index in [0.29, 0.717) is 26.2 Å². The Kier molecular flexibility index (Phi) is 3.13. The van der Waals surface area contributed by atoms with Crippen LogP contribution < -0.4 is 11.3 Å². The number of hydrogen-bond acceptors (Lipinski definition) is 4. The van der Waals surface area contributed by atoms with E-state index in [-0.39, 0.29) is 5.56 Å². The highest BCUT2D eigenvalue weighted by molar-refractivity contribution is 5.19. The van der Waals surface area contributed by atoms with Gasteiger partial charge in [0.25, 0.3) is 5.56 Å². The number of nitrogens with zero attached hydrogens (tertiary/aromatic N) is 1. The molecule has 1 aliphatic rings. The number of nitrogens with two attached hydrogens (primary N) is 1.